The molecule has 0 bridgehead atoms. The van der Waals surface area contributed by atoms with E-state index in [-0.39, 0.29) is 23.9 Å². The van der Waals surface area contributed by atoms with Gasteiger partial charge in [-0.2, -0.15) is 5.26 Å². The normalized spacial score (nSPS) is 20.8. The van der Waals surface area contributed by atoms with Gasteiger partial charge in [0.1, 0.15) is 6.04 Å². The number of nitrogens with zero attached hydrogens (tertiary/aromatic N) is 4. The number of amides is 2. The molecule has 1 aromatic heterocycles. The standard InChI is InChI=1S/C25H33N5O2/c1-2-28-21(16-19-8-7-18(17-27)15-23(19)28)10-9-20-5-3-13-29(20)25(32)22-6-4-14-30(22)24(31)11-12-26/h7-8,15-16,20,22H,2-6,9-14,26H2,1H3/t20-,22+/m0/s1. The van der Waals surface area contributed by atoms with Gasteiger partial charge in [0.25, 0.3) is 0 Å². The van der Waals surface area contributed by atoms with Crippen LogP contribution >= 0.6 is 0 Å². The van der Waals surface area contributed by atoms with Crippen LogP contribution in [-0.2, 0) is 22.6 Å². The van der Waals surface area contributed by atoms with E-state index in [1.165, 1.54) is 5.69 Å². The first-order chi connectivity index (χ1) is 15.6. The molecule has 1 aromatic carbocycles. The number of benzene rings is 1. The molecule has 0 radical (unpaired) electrons. The highest BCUT2D eigenvalue weighted by Gasteiger charge is 2.39. The topological polar surface area (TPSA) is 95.4 Å². The molecule has 2 aromatic rings. The average Bonchev–Trinajstić information content (AvgIpc) is 3.54. The number of aryl methyl sites for hydroxylation is 2. The first-order valence-corrected chi connectivity index (χ1v) is 11.9. The number of aromatic nitrogens is 1. The number of fused-ring (bicyclic) bond motifs is 1. The van der Waals surface area contributed by atoms with E-state index in [9.17, 15) is 14.9 Å². The number of likely N-dealkylation sites (tertiary alicyclic amines) is 2. The number of carbonyl (C=O) groups is 2. The largest absolute Gasteiger partial charge is 0.345 e. The quantitative estimate of drug-likeness (QED) is 0.723. The van der Waals surface area contributed by atoms with E-state index < -0.39 is 0 Å². The minimum Gasteiger partial charge on any atom is -0.345 e. The Bertz CT molecular complexity index is 1040. The Morgan fingerprint density at radius 3 is 2.69 bits per heavy atom. The van der Waals surface area contributed by atoms with E-state index in [4.69, 9.17) is 5.73 Å². The van der Waals surface area contributed by atoms with Gasteiger partial charge < -0.3 is 20.1 Å². The maximum Gasteiger partial charge on any atom is 0.245 e. The summed E-state index contributed by atoms with van der Waals surface area (Å²) in [4.78, 5) is 29.6. The fourth-order valence-electron chi connectivity index (χ4n) is 5.48. The summed E-state index contributed by atoms with van der Waals surface area (Å²) in [6.45, 7) is 4.74. The molecular formula is C25H33N5O2. The third kappa shape index (κ3) is 4.24. The van der Waals surface area contributed by atoms with Crippen molar-refractivity contribution in [1.29, 1.82) is 5.26 Å². The van der Waals surface area contributed by atoms with Gasteiger partial charge in [0.2, 0.25) is 11.8 Å². The lowest BCUT2D eigenvalue weighted by atomic mass is 10.1. The Morgan fingerprint density at radius 2 is 1.94 bits per heavy atom. The maximum absolute atomic E-state index is 13.4. The number of nitrogens with two attached hydrogens (primary N) is 1. The van der Waals surface area contributed by atoms with Crippen molar-refractivity contribution in [3.8, 4) is 6.07 Å². The van der Waals surface area contributed by atoms with Gasteiger partial charge in [-0.1, -0.05) is 6.07 Å². The number of hydrogen-bond acceptors (Lipinski definition) is 4. The minimum atomic E-state index is -0.318. The Hall–Kier alpha value is -2.85. The van der Waals surface area contributed by atoms with Gasteiger partial charge in [-0.3, -0.25) is 9.59 Å². The second-order valence-corrected chi connectivity index (χ2v) is 8.92. The summed E-state index contributed by atoms with van der Waals surface area (Å²) in [5, 5.41) is 10.4. The highest BCUT2D eigenvalue weighted by molar-refractivity contribution is 5.88. The molecule has 2 atom stereocenters. The zero-order valence-electron chi connectivity index (χ0n) is 18.9. The molecule has 3 heterocycles. The zero-order valence-corrected chi connectivity index (χ0v) is 18.9. The Kier molecular flexibility index (Phi) is 6.80. The van der Waals surface area contributed by atoms with E-state index in [0.717, 1.165) is 62.5 Å². The summed E-state index contributed by atoms with van der Waals surface area (Å²) in [7, 11) is 0. The smallest absolute Gasteiger partial charge is 0.245 e. The fraction of sp³-hybridized carbons (Fsp3) is 0.560. The van der Waals surface area contributed by atoms with Crippen LogP contribution in [0, 0.1) is 11.3 Å². The highest BCUT2D eigenvalue weighted by Crippen LogP contribution is 2.29. The van der Waals surface area contributed by atoms with Crippen molar-refractivity contribution >= 4 is 22.7 Å². The second-order valence-electron chi connectivity index (χ2n) is 8.92. The van der Waals surface area contributed by atoms with Crippen molar-refractivity contribution in [2.24, 2.45) is 5.73 Å². The van der Waals surface area contributed by atoms with Crippen molar-refractivity contribution in [3.05, 3.63) is 35.5 Å². The van der Waals surface area contributed by atoms with Crippen molar-refractivity contribution in [2.45, 2.75) is 70.5 Å². The van der Waals surface area contributed by atoms with Gasteiger partial charge >= 0.3 is 0 Å². The molecule has 7 heteroatoms. The molecule has 0 saturated carbocycles. The van der Waals surface area contributed by atoms with Gasteiger partial charge in [0, 0.05) is 49.9 Å². The van der Waals surface area contributed by atoms with Crippen molar-refractivity contribution in [2.75, 3.05) is 19.6 Å². The summed E-state index contributed by atoms with van der Waals surface area (Å²) >= 11 is 0. The van der Waals surface area contributed by atoms with Gasteiger partial charge in [-0.05, 0) is 69.0 Å². The highest BCUT2D eigenvalue weighted by atomic mass is 16.2. The third-order valence-electron chi connectivity index (χ3n) is 7.05. The summed E-state index contributed by atoms with van der Waals surface area (Å²) < 4.78 is 2.28. The van der Waals surface area contributed by atoms with Crippen LogP contribution in [-0.4, -0.2) is 57.9 Å². The molecule has 7 nitrogen and oxygen atoms in total. The lowest BCUT2D eigenvalue weighted by Gasteiger charge is -2.31. The third-order valence-corrected chi connectivity index (χ3v) is 7.05. The van der Waals surface area contributed by atoms with Crippen LogP contribution in [0.4, 0.5) is 0 Å². The van der Waals surface area contributed by atoms with Crippen LogP contribution in [0.1, 0.15) is 56.7 Å². The number of nitriles is 1. The number of hydrogen-bond donors (Lipinski definition) is 1. The van der Waals surface area contributed by atoms with Crippen LogP contribution in [0.3, 0.4) is 0 Å². The van der Waals surface area contributed by atoms with Crippen LogP contribution in [0.2, 0.25) is 0 Å². The van der Waals surface area contributed by atoms with E-state index in [1.54, 1.807) is 4.90 Å². The van der Waals surface area contributed by atoms with Crippen LogP contribution in [0.5, 0.6) is 0 Å². The van der Waals surface area contributed by atoms with E-state index in [2.05, 4.69) is 23.6 Å². The molecule has 2 fully saturated rings. The van der Waals surface area contributed by atoms with Crippen molar-refractivity contribution < 1.29 is 9.59 Å². The molecule has 2 aliphatic rings. The first-order valence-electron chi connectivity index (χ1n) is 11.9. The fourth-order valence-corrected chi connectivity index (χ4v) is 5.48. The molecule has 0 unspecified atom stereocenters. The van der Waals surface area contributed by atoms with Gasteiger partial charge in [0.05, 0.1) is 11.6 Å². The first kappa shape index (κ1) is 22.3. The Balaban J connectivity index is 1.46. The molecule has 170 valence electrons. The van der Waals surface area contributed by atoms with Gasteiger partial charge in [0.15, 0.2) is 0 Å². The summed E-state index contributed by atoms with van der Waals surface area (Å²) in [6.07, 6.45) is 5.77. The van der Waals surface area contributed by atoms with Crippen molar-refractivity contribution in [3.63, 3.8) is 0 Å². The zero-order chi connectivity index (χ0) is 22.7. The minimum absolute atomic E-state index is 0.00305. The SMILES string of the molecule is CCn1c(CC[C@@H]2CCCN2C(=O)[C@H]2CCCN2C(=O)CCN)cc2ccc(C#N)cc21. The summed E-state index contributed by atoms with van der Waals surface area (Å²) in [5.41, 5.74) is 8.59. The molecule has 32 heavy (non-hydrogen) atoms. The molecular weight excluding hydrogens is 402 g/mol. The van der Waals surface area contributed by atoms with Gasteiger partial charge in [-0.25, -0.2) is 0 Å². The molecule has 0 aliphatic carbocycles. The predicted octanol–water partition coefficient (Wildman–Crippen LogP) is 2.80. The molecule has 2 saturated heterocycles. The van der Waals surface area contributed by atoms with E-state index in [0.29, 0.717) is 25.1 Å². The van der Waals surface area contributed by atoms with Gasteiger partial charge in [-0.15, -0.1) is 0 Å². The Morgan fingerprint density at radius 1 is 1.16 bits per heavy atom. The maximum atomic E-state index is 13.4. The van der Waals surface area contributed by atoms with Crippen LogP contribution < -0.4 is 5.73 Å². The predicted molar refractivity (Wildman–Crippen MR) is 124 cm³/mol. The van der Waals surface area contributed by atoms with Crippen LogP contribution in [0.15, 0.2) is 24.3 Å². The van der Waals surface area contributed by atoms with E-state index in [1.807, 2.05) is 23.1 Å². The monoisotopic (exact) mass is 435 g/mol. The van der Waals surface area contributed by atoms with Crippen LogP contribution in [0.25, 0.3) is 10.9 Å². The Labute approximate surface area is 189 Å². The lowest BCUT2D eigenvalue weighted by molar-refractivity contribution is -0.144. The average molecular weight is 436 g/mol. The molecule has 0 spiro atoms. The van der Waals surface area contributed by atoms with Crippen molar-refractivity contribution in [1.82, 2.24) is 14.4 Å². The molecule has 2 aliphatic heterocycles. The lowest BCUT2D eigenvalue weighted by Crippen LogP contribution is -2.49. The second kappa shape index (κ2) is 9.74. The summed E-state index contributed by atoms with van der Waals surface area (Å²) in [6, 6.07) is 10.2. The summed E-state index contributed by atoms with van der Waals surface area (Å²) in [5.74, 6) is 0.119. The molecule has 4 rings (SSSR count). The molecule has 2 amide bonds. The number of rotatable bonds is 7. The number of carbonyl (C=O) groups excluding carboxylic acids is 2. The molecule has 2 N–H and O–H groups in total. The van der Waals surface area contributed by atoms with E-state index >= 15 is 0 Å².